The lowest BCUT2D eigenvalue weighted by Crippen LogP contribution is -3.10. The number of benzene rings is 2. The quantitative estimate of drug-likeness (QED) is 0.842. The number of likely N-dealkylation sites (tertiary alicyclic amines) is 1. The van der Waals surface area contributed by atoms with Crippen molar-refractivity contribution in [2.75, 3.05) is 19.6 Å². The summed E-state index contributed by atoms with van der Waals surface area (Å²) < 4.78 is 0. The van der Waals surface area contributed by atoms with Gasteiger partial charge in [-0.15, -0.1) is 0 Å². The Morgan fingerprint density at radius 3 is 2.27 bits per heavy atom. The summed E-state index contributed by atoms with van der Waals surface area (Å²) in [6.07, 6.45) is 2.54. The molecule has 22 heavy (non-hydrogen) atoms. The highest BCUT2D eigenvalue weighted by molar-refractivity contribution is 6.30. The number of rotatable bonds is 5. The summed E-state index contributed by atoms with van der Waals surface area (Å²) in [7, 11) is 0. The van der Waals surface area contributed by atoms with Gasteiger partial charge in [-0.1, -0.05) is 41.9 Å². The van der Waals surface area contributed by atoms with Crippen LogP contribution in [0.3, 0.4) is 0 Å². The van der Waals surface area contributed by atoms with Gasteiger partial charge in [0, 0.05) is 23.4 Å². The van der Waals surface area contributed by atoms with E-state index in [1.807, 2.05) is 30.3 Å². The third-order valence-electron chi connectivity index (χ3n) is 4.45. The molecule has 1 aliphatic rings. The average molecular weight is 315 g/mol. The normalized spacial score (nSPS) is 16.6. The van der Waals surface area contributed by atoms with Gasteiger partial charge in [0.25, 0.3) is 0 Å². The summed E-state index contributed by atoms with van der Waals surface area (Å²) in [6, 6.07) is 17.4. The Morgan fingerprint density at radius 1 is 1.00 bits per heavy atom. The van der Waals surface area contributed by atoms with E-state index in [1.165, 1.54) is 30.8 Å². The molecule has 114 valence electrons. The van der Waals surface area contributed by atoms with Crippen LogP contribution in [0.1, 0.15) is 34.7 Å². The van der Waals surface area contributed by atoms with Crippen molar-refractivity contribution < 1.29 is 9.69 Å². The first-order valence-corrected chi connectivity index (χ1v) is 8.30. The Kier molecular flexibility index (Phi) is 4.91. The molecule has 0 radical (unpaired) electrons. The zero-order valence-electron chi connectivity index (χ0n) is 12.6. The minimum absolute atomic E-state index is 0.0736. The first-order chi connectivity index (χ1) is 10.7. The van der Waals surface area contributed by atoms with Crippen molar-refractivity contribution in [2.45, 2.75) is 18.8 Å². The third kappa shape index (κ3) is 3.57. The van der Waals surface area contributed by atoms with E-state index < -0.39 is 0 Å². The van der Waals surface area contributed by atoms with Gasteiger partial charge < -0.3 is 4.90 Å². The molecular weight excluding hydrogens is 294 g/mol. The molecule has 1 N–H and O–H groups in total. The molecule has 1 atom stereocenters. The molecule has 2 aromatic carbocycles. The van der Waals surface area contributed by atoms with Crippen molar-refractivity contribution >= 4 is 17.4 Å². The fourth-order valence-corrected chi connectivity index (χ4v) is 3.36. The maximum absolute atomic E-state index is 13.0. The van der Waals surface area contributed by atoms with E-state index in [0.29, 0.717) is 5.02 Å². The number of carbonyl (C=O) groups excluding carboxylic acids is 1. The van der Waals surface area contributed by atoms with E-state index >= 15 is 0 Å². The van der Waals surface area contributed by atoms with E-state index in [2.05, 4.69) is 12.1 Å². The summed E-state index contributed by atoms with van der Waals surface area (Å²) in [5, 5.41) is 0.665. The van der Waals surface area contributed by atoms with Crippen molar-refractivity contribution in [2.24, 2.45) is 0 Å². The Balaban J connectivity index is 1.86. The van der Waals surface area contributed by atoms with Crippen LogP contribution in [0, 0.1) is 0 Å². The Labute approximate surface area is 136 Å². The highest BCUT2D eigenvalue weighted by Gasteiger charge is 2.28. The van der Waals surface area contributed by atoms with Crippen LogP contribution in [0.15, 0.2) is 54.6 Å². The fraction of sp³-hybridized carbons (Fsp3) is 0.316. The molecule has 3 rings (SSSR count). The average Bonchev–Trinajstić information content (AvgIpc) is 3.07. The van der Waals surface area contributed by atoms with Gasteiger partial charge >= 0.3 is 0 Å². The van der Waals surface area contributed by atoms with Crippen LogP contribution in [0.4, 0.5) is 0 Å². The lowest BCUT2D eigenvalue weighted by molar-refractivity contribution is -0.887. The van der Waals surface area contributed by atoms with E-state index in [1.54, 1.807) is 12.1 Å². The topological polar surface area (TPSA) is 21.5 Å². The number of hydrogen-bond acceptors (Lipinski definition) is 1. The molecule has 1 fully saturated rings. The summed E-state index contributed by atoms with van der Waals surface area (Å²) in [5.41, 5.74) is 1.86. The minimum Gasteiger partial charge on any atom is -0.334 e. The molecule has 0 unspecified atom stereocenters. The number of halogens is 1. The highest BCUT2D eigenvalue weighted by atomic mass is 35.5. The number of hydrogen-bond donors (Lipinski definition) is 1. The number of carbonyl (C=O) groups is 1. The molecule has 2 nitrogen and oxygen atoms in total. The van der Waals surface area contributed by atoms with Gasteiger partial charge in [0.1, 0.15) is 0 Å². The van der Waals surface area contributed by atoms with Crippen LogP contribution in [-0.4, -0.2) is 25.4 Å². The van der Waals surface area contributed by atoms with Crippen LogP contribution >= 0.6 is 11.6 Å². The minimum atomic E-state index is -0.0736. The first kappa shape index (κ1) is 15.3. The van der Waals surface area contributed by atoms with Crippen molar-refractivity contribution in [3.8, 4) is 0 Å². The number of Topliss-reactive ketones (excluding diaryl/α,β-unsaturated/α-hetero) is 1. The second-order valence-corrected chi connectivity index (χ2v) is 6.43. The zero-order valence-corrected chi connectivity index (χ0v) is 13.4. The smallest absolute Gasteiger partial charge is 0.175 e. The Hall–Kier alpha value is -1.64. The SMILES string of the molecule is O=C(c1ccc(Cl)cc1)[C@@H](C[NH+]1CCCC1)c1ccccc1. The largest absolute Gasteiger partial charge is 0.334 e. The van der Waals surface area contributed by atoms with E-state index in [0.717, 1.165) is 17.7 Å². The fourth-order valence-electron chi connectivity index (χ4n) is 3.23. The Bertz CT molecular complexity index is 618. The highest BCUT2D eigenvalue weighted by Crippen LogP contribution is 2.21. The molecule has 1 heterocycles. The maximum atomic E-state index is 13.0. The van der Waals surface area contributed by atoms with Crippen LogP contribution in [0.2, 0.25) is 5.02 Å². The summed E-state index contributed by atoms with van der Waals surface area (Å²) in [4.78, 5) is 14.5. The second-order valence-electron chi connectivity index (χ2n) is 6.00. The van der Waals surface area contributed by atoms with E-state index in [9.17, 15) is 4.79 Å². The van der Waals surface area contributed by atoms with Gasteiger partial charge in [-0.25, -0.2) is 0 Å². The van der Waals surface area contributed by atoms with Crippen LogP contribution < -0.4 is 4.90 Å². The van der Waals surface area contributed by atoms with Crippen molar-refractivity contribution in [1.82, 2.24) is 0 Å². The van der Waals surface area contributed by atoms with Crippen LogP contribution in [-0.2, 0) is 0 Å². The van der Waals surface area contributed by atoms with Gasteiger partial charge in [0.2, 0.25) is 0 Å². The van der Waals surface area contributed by atoms with E-state index in [-0.39, 0.29) is 11.7 Å². The lowest BCUT2D eigenvalue weighted by Gasteiger charge is -2.21. The van der Waals surface area contributed by atoms with Gasteiger partial charge in [-0.05, 0) is 29.8 Å². The number of quaternary nitrogens is 1. The predicted molar refractivity (Wildman–Crippen MR) is 89.8 cm³/mol. The number of ketones is 1. The van der Waals surface area contributed by atoms with Crippen molar-refractivity contribution in [1.29, 1.82) is 0 Å². The zero-order chi connectivity index (χ0) is 15.4. The first-order valence-electron chi connectivity index (χ1n) is 7.92. The molecular formula is C19H21ClNO+. The molecule has 0 spiro atoms. The van der Waals surface area contributed by atoms with Gasteiger partial charge in [0.05, 0.1) is 25.6 Å². The molecule has 0 aliphatic carbocycles. The van der Waals surface area contributed by atoms with E-state index in [4.69, 9.17) is 11.6 Å². The molecule has 0 amide bonds. The molecule has 1 saturated heterocycles. The monoisotopic (exact) mass is 314 g/mol. The molecule has 0 aromatic heterocycles. The molecule has 0 saturated carbocycles. The molecule has 2 aromatic rings. The molecule has 0 bridgehead atoms. The summed E-state index contributed by atoms with van der Waals surface area (Å²) >= 11 is 5.94. The van der Waals surface area contributed by atoms with Crippen molar-refractivity contribution in [3.05, 3.63) is 70.7 Å². The van der Waals surface area contributed by atoms with Gasteiger partial charge in [-0.3, -0.25) is 4.79 Å². The maximum Gasteiger partial charge on any atom is 0.175 e. The summed E-state index contributed by atoms with van der Waals surface area (Å²) in [5.74, 6) is 0.123. The standard InChI is InChI=1S/C19H20ClNO/c20-17-10-8-16(9-11-17)19(22)18(14-21-12-4-5-13-21)15-6-2-1-3-7-15/h1-3,6-11,18H,4-5,12-14H2/p+1/t18-/m0/s1. The van der Waals surface area contributed by atoms with Gasteiger partial charge in [-0.2, -0.15) is 0 Å². The lowest BCUT2D eigenvalue weighted by atomic mass is 9.90. The van der Waals surface area contributed by atoms with Gasteiger partial charge in [0.15, 0.2) is 5.78 Å². The second kappa shape index (κ2) is 7.08. The molecule has 1 aliphatic heterocycles. The van der Waals surface area contributed by atoms with Crippen molar-refractivity contribution in [3.63, 3.8) is 0 Å². The number of nitrogens with one attached hydrogen (secondary N) is 1. The predicted octanol–water partition coefficient (Wildman–Crippen LogP) is 2.99. The third-order valence-corrected chi connectivity index (χ3v) is 4.70. The Morgan fingerprint density at radius 2 is 1.64 bits per heavy atom. The van der Waals surface area contributed by atoms with Crippen LogP contribution in [0.5, 0.6) is 0 Å². The van der Waals surface area contributed by atoms with Crippen LogP contribution in [0.25, 0.3) is 0 Å². The molecule has 3 heteroatoms. The summed E-state index contributed by atoms with van der Waals surface area (Å²) in [6.45, 7) is 3.24.